The van der Waals surface area contributed by atoms with E-state index in [1.54, 1.807) is 24.3 Å². The van der Waals surface area contributed by atoms with Gasteiger partial charge in [0.05, 0.1) is 6.04 Å². The normalized spacial score (nSPS) is 13.9. The van der Waals surface area contributed by atoms with Crippen LogP contribution < -0.4 is 15.4 Å². The summed E-state index contributed by atoms with van der Waals surface area (Å²) >= 11 is 0. The van der Waals surface area contributed by atoms with Gasteiger partial charge in [-0.15, -0.1) is 0 Å². The Labute approximate surface area is 176 Å². The van der Waals surface area contributed by atoms with Gasteiger partial charge in [-0.25, -0.2) is 0 Å². The predicted octanol–water partition coefficient (Wildman–Crippen LogP) is 5.32. The largest absolute Gasteiger partial charge is 0.457 e. The van der Waals surface area contributed by atoms with Crippen LogP contribution in [0.25, 0.3) is 0 Å². The van der Waals surface area contributed by atoms with Gasteiger partial charge >= 0.3 is 0 Å². The molecule has 1 unspecified atom stereocenters. The van der Waals surface area contributed by atoms with Gasteiger partial charge in [-0.3, -0.25) is 9.59 Å². The lowest BCUT2D eigenvalue weighted by Gasteiger charge is -2.15. The van der Waals surface area contributed by atoms with Crippen LogP contribution in [0.5, 0.6) is 11.5 Å². The minimum absolute atomic E-state index is 0.0868. The molecule has 0 saturated heterocycles. The van der Waals surface area contributed by atoms with Crippen molar-refractivity contribution in [1.82, 2.24) is 5.32 Å². The Hall–Kier alpha value is -3.60. The molecule has 0 radical (unpaired) electrons. The highest BCUT2D eigenvalue weighted by Gasteiger charge is 2.29. The fraction of sp³-hybridized carbons (Fsp3) is 0.200. The number of ether oxygens (including phenoxy) is 1. The van der Waals surface area contributed by atoms with Crippen molar-refractivity contribution in [3.8, 4) is 11.5 Å². The zero-order valence-corrected chi connectivity index (χ0v) is 16.8. The summed E-state index contributed by atoms with van der Waals surface area (Å²) in [5, 5.41) is 5.92. The first-order valence-corrected chi connectivity index (χ1v) is 10.1. The minimum Gasteiger partial charge on any atom is -0.457 e. The molecule has 1 aliphatic carbocycles. The molecular formula is C25H24N2O3. The lowest BCUT2D eigenvalue weighted by molar-refractivity contribution is -0.117. The Kier molecular flexibility index (Phi) is 5.80. The molecule has 2 N–H and O–H groups in total. The quantitative estimate of drug-likeness (QED) is 0.564. The molecule has 0 heterocycles. The van der Waals surface area contributed by atoms with Gasteiger partial charge in [0.1, 0.15) is 11.5 Å². The molecular weight excluding hydrogens is 376 g/mol. The van der Waals surface area contributed by atoms with E-state index in [4.69, 9.17) is 4.74 Å². The molecule has 5 heteroatoms. The van der Waals surface area contributed by atoms with Crippen molar-refractivity contribution in [2.75, 3.05) is 5.32 Å². The molecule has 152 valence electrons. The molecule has 5 nitrogen and oxygen atoms in total. The topological polar surface area (TPSA) is 67.4 Å². The monoisotopic (exact) mass is 400 g/mol. The van der Waals surface area contributed by atoms with Crippen molar-refractivity contribution >= 4 is 17.5 Å². The number of nitrogens with one attached hydrogen (secondary N) is 2. The molecule has 0 bridgehead atoms. The summed E-state index contributed by atoms with van der Waals surface area (Å²) in [5.74, 6) is 1.53. The van der Waals surface area contributed by atoms with E-state index < -0.39 is 0 Å². The highest BCUT2D eigenvalue weighted by molar-refractivity contribution is 5.95. The Morgan fingerprint density at radius 1 is 0.867 bits per heavy atom. The standard InChI is InChI=1S/C25H24N2O3/c1-17(18-9-13-21(14-10-18)27-25(29)19-7-8-19)26-24(28)20-11-15-23(16-12-20)30-22-5-3-2-4-6-22/h2-6,9-17,19H,7-8H2,1H3,(H,26,28)(H,27,29). The Morgan fingerprint density at radius 2 is 1.50 bits per heavy atom. The smallest absolute Gasteiger partial charge is 0.251 e. The SMILES string of the molecule is CC(NC(=O)c1ccc(Oc2ccccc2)cc1)c1ccc(NC(=O)C2CC2)cc1. The number of rotatable bonds is 7. The van der Waals surface area contributed by atoms with Crippen LogP contribution in [-0.2, 0) is 4.79 Å². The van der Waals surface area contributed by atoms with Gasteiger partial charge in [0.25, 0.3) is 5.91 Å². The fourth-order valence-electron chi connectivity index (χ4n) is 3.11. The second kappa shape index (κ2) is 8.82. The van der Waals surface area contributed by atoms with Crippen LogP contribution in [-0.4, -0.2) is 11.8 Å². The number of carbonyl (C=O) groups is 2. The van der Waals surface area contributed by atoms with Gasteiger partial charge in [0.15, 0.2) is 0 Å². The van der Waals surface area contributed by atoms with Crippen molar-refractivity contribution in [1.29, 1.82) is 0 Å². The summed E-state index contributed by atoms with van der Waals surface area (Å²) in [6.45, 7) is 1.93. The van der Waals surface area contributed by atoms with Gasteiger partial charge < -0.3 is 15.4 Å². The molecule has 0 aliphatic heterocycles. The van der Waals surface area contributed by atoms with Crippen molar-refractivity contribution in [3.05, 3.63) is 90.0 Å². The maximum atomic E-state index is 12.6. The first-order chi connectivity index (χ1) is 14.6. The molecule has 3 aromatic carbocycles. The number of carbonyl (C=O) groups excluding carboxylic acids is 2. The van der Waals surface area contributed by atoms with Crippen LogP contribution in [0.15, 0.2) is 78.9 Å². The summed E-state index contributed by atoms with van der Waals surface area (Å²) in [5.41, 5.74) is 2.32. The van der Waals surface area contributed by atoms with E-state index in [2.05, 4.69) is 10.6 Å². The highest BCUT2D eigenvalue weighted by Crippen LogP contribution is 2.30. The number of para-hydroxylation sites is 1. The molecule has 4 rings (SSSR count). The maximum Gasteiger partial charge on any atom is 0.251 e. The first kappa shape index (κ1) is 19.7. The molecule has 1 fully saturated rings. The highest BCUT2D eigenvalue weighted by atomic mass is 16.5. The van der Waals surface area contributed by atoms with Crippen molar-refractivity contribution in [2.45, 2.75) is 25.8 Å². The zero-order chi connectivity index (χ0) is 20.9. The summed E-state index contributed by atoms with van der Waals surface area (Å²) in [6.07, 6.45) is 1.96. The average Bonchev–Trinajstić information content (AvgIpc) is 3.61. The van der Waals surface area contributed by atoms with E-state index in [9.17, 15) is 9.59 Å². The molecule has 3 aromatic rings. The molecule has 1 atom stereocenters. The van der Waals surface area contributed by atoms with Crippen molar-refractivity contribution in [2.24, 2.45) is 5.92 Å². The third-order valence-corrected chi connectivity index (χ3v) is 5.07. The van der Waals surface area contributed by atoms with Crippen LogP contribution >= 0.6 is 0 Å². The van der Waals surface area contributed by atoms with Crippen molar-refractivity contribution in [3.63, 3.8) is 0 Å². The van der Waals surface area contributed by atoms with Crippen molar-refractivity contribution < 1.29 is 14.3 Å². The summed E-state index contributed by atoms with van der Waals surface area (Å²) < 4.78 is 5.76. The lowest BCUT2D eigenvalue weighted by Crippen LogP contribution is -2.26. The average molecular weight is 400 g/mol. The minimum atomic E-state index is -0.161. The van der Waals surface area contributed by atoms with Gasteiger partial charge in [-0.2, -0.15) is 0 Å². The number of benzene rings is 3. The molecule has 0 spiro atoms. The zero-order valence-electron chi connectivity index (χ0n) is 16.8. The first-order valence-electron chi connectivity index (χ1n) is 10.1. The molecule has 0 aromatic heterocycles. The number of amides is 2. The maximum absolute atomic E-state index is 12.6. The molecule has 1 saturated carbocycles. The van der Waals surface area contributed by atoms with Gasteiger partial charge in [-0.1, -0.05) is 30.3 Å². The number of hydrogen-bond donors (Lipinski definition) is 2. The van der Waals surface area contributed by atoms with Crippen LogP contribution in [0.3, 0.4) is 0 Å². The van der Waals surface area contributed by atoms with Gasteiger partial charge in [0.2, 0.25) is 5.91 Å². The van der Waals surface area contributed by atoms with Crippen LogP contribution in [0.2, 0.25) is 0 Å². The van der Waals surface area contributed by atoms with E-state index in [1.807, 2.05) is 61.5 Å². The van der Waals surface area contributed by atoms with E-state index in [1.165, 1.54) is 0 Å². The summed E-state index contributed by atoms with van der Waals surface area (Å²) in [4.78, 5) is 24.4. The fourth-order valence-corrected chi connectivity index (χ4v) is 3.11. The van der Waals surface area contributed by atoms with Crippen LogP contribution in [0.4, 0.5) is 5.69 Å². The third kappa shape index (κ3) is 5.06. The molecule has 2 amide bonds. The lowest BCUT2D eigenvalue weighted by atomic mass is 10.1. The third-order valence-electron chi connectivity index (χ3n) is 5.07. The Morgan fingerprint density at radius 3 is 2.13 bits per heavy atom. The summed E-state index contributed by atoms with van der Waals surface area (Å²) in [6, 6.07) is 24.0. The second-order valence-corrected chi connectivity index (χ2v) is 7.52. The van der Waals surface area contributed by atoms with Gasteiger partial charge in [0, 0.05) is 17.2 Å². The van der Waals surface area contributed by atoms with Crippen LogP contribution in [0.1, 0.15) is 41.7 Å². The summed E-state index contributed by atoms with van der Waals surface area (Å²) in [7, 11) is 0. The van der Waals surface area contributed by atoms with E-state index in [0.29, 0.717) is 11.3 Å². The molecule has 1 aliphatic rings. The number of anilines is 1. The second-order valence-electron chi connectivity index (χ2n) is 7.52. The van der Waals surface area contributed by atoms with E-state index >= 15 is 0 Å². The molecule has 30 heavy (non-hydrogen) atoms. The van der Waals surface area contributed by atoms with E-state index in [0.717, 1.165) is 29.8 Å². The predicted molar refractivity (Wildman–Crippen MR) is 117 cm³/mol. The Bertz CT molecular complexity index is 1010. The number of hydrogen-bond acceptors (Lipinski definition) is 3. The van der Waals surface area contributed by atoms with E-state index in [-0.39, 0.29) is 23.8 Å². The van der Waals surface area contributed by atoms with Gasteiger partial charge in [-0.05, 0) is 73.9 Å². The Balaban J connectivity index is 1.33. The van der Waals surface area contributed by atoms with Crippen LogP contribution in [0, 0.1) is 5.92 Å².